The Hall–Kier alpha value is -1.60. The predicted octanol–water partition coefficient (Wildman–Crippen LogP) is 4.18. The van der Waals surface area contributed by atoms with Crippen molar-refractivity contribution >= 4 is 0 Å². The summed E-state index contributed by atoms with van der Waals surface area (Å²) < 4.78 is 0. The molecule has 2 aromatic rings. The van der Waals surface area contributed by atoms with Gasteiger partial charge in [-0.2, -0.15) is 0 Å². The summed E-state index contributed by atoms with van der Waals surface area (Å²) in [4.78, 5) is 0. The maximum Gasteiger partial charge on any atom is -0.00175 e. The van der Waals surface area contributed by atoms with Gasteiger partial charge in [-0.3, -0.25) is 0 Å². The zero-order chi connectivity index (χ0) is 14.7. The first-order chi connectivity index (χ1) is 10.3. The third kappa shape index (κ3) is 3.54. The molecule has 0 spiro atoms. The van der Waals surface area contributed by atoms with Gasteiger partial charge in [0.15, 0.2) is 0 Å². The van der Waals surface area contributed by atoms with Crippen LogP contribution in [0.5, 0.6) is 0 Å². The van der Waals surface area contributed by atoms with Crippen molar-refractivity contribution < 1.29 is 0 Å². The highest BCUT2D eigenvalue weighted by Gasteiger charge is 2.43. The summed E-state index contributed by atoms with van der Waals surface area (Å²) in [5, 5.41) is 3.39. The highest BCUT2D eigenvalue weighted by molar-refractivity contribution is 5.27. The normalized spacial score (nSPS) is 22.0. The molecule has 1 fully saturated rings. The van der Waals surface area contributed by atoms with Crippen molar-refractivity contribution in [1.29, 1.82) is 0 Å². The summed E-state index contributed by atoms with van der Waals surface area (Å²) in [6, 6.07) is 20.0. The van der Waals surface area contributed by atoms with Gasteiger partial charge in [-0.1, -0.05) is 60.2 Å². The van der Waals surface area contributed by atoms with E-state index in [9.17, 15) is 0 Å². The van der Waals surface area contributed by atoms with Crippen LogP contribution in [0.15, 0.2) is 54.6 Å². The van der Waals surface area contributed by atoms with Gasteiger partial charge in [0.25, 0.3) is 0 Å². The molecule has 1 heteroatoms. The van der Waals surface area contributed by atoms with E-state index in [4.69, 9.17) is 0 Å². The van der Waals surface area contributed by atoms with Gasteiger partial charge in [0.1, 0.15) is 0 Å². The Morgan fingerprint density at radius 1 is 1.05 bits per heavy atom. The van der Waals surface area contributed by atoms with E-state index in [0.717, 1.165) is 24.3 Å². The molecule has 1 nitrogen and oxygen atoms in total. The van der Waals surface area contributed by atoms with E-state index in [1.807, 2.05) is 0 Å². The van der Waals surface area contributed by atoms with Crippen molar-refractivity contribution in [2.24, 2.45) is 11.8 Å². The van der Waals surface area contributed by atoms with Gasteiger partial charge in [-0.25, -0.2) is 0 Å². The Balaban J connectivity index is 1.67. The maximum absolute atomic E-state index is 3.39. The number of hydrogen-bond donors (Lipinski definition) is 1. The lowest BCUT2D eigenvalue weighted by molar-refractivity contribution is 0.431. The minimum Gasteiger partial charge on any atom is -0.319 e. The van der Waals surface area contributed by atoms with E-state index in [1.54, 1.807) is 0 Å². The summed E-state index contributed by atoms with van der Waals surface area (Å²) in [5.41, 5.74) is 4.34. The van der Waals surface area contributed by atoms with E-state index in [-0.39, 0.29) is 0 Å². The van der Waals surface area contributed by atoms with Crippen molar-refractivity contribution in [3.05, 3.63) is 71.3 Å². The Morgan fingerprint density at radius 3 is 2.43 bits per heavy atom. The lowest BCUT2D eigenvalue weighted by Gasteiger charge is -2.17. The summed E-state index contributed by atoms with van der Waals surface area (Å²) in [6.07, 6.45) is 2.54. The highest BCUT2D eigenvalue weighted by atomic mass is 14.8. The Labute approximate surface area is 128 Å². The maximum atomic E-state index is 3.39. The lowest BCUT2D eigenvalue weighted by Crippen LogP contribution is -2.23. The Bertz CT molecular complexity index is 558. The fourth-order valence-corrected chi connectivity index (χ4v) is 3.48. The second kappa shape index (κ2) is 6.44. The van der Waals surface area contributed by atoms with Crippen molar-refractivity contribution in [2.75, 3.05) is 13.6 Å². The quantitative estimate of drug-likeness (QED) is 0.836. The SMILES string of the molecule is CNCC(Cc1ccc(C)cc1)C1CC1c1ccccc1. The molecule has 1 aliphatic rings. The summed E-state index contributed by atoms with van der Waals surface area (Å²) in [5.74, 6) is 2.35. The second-order valence-electron chi connectivity index (χ2n) is 6.42. The smallest absolute Gasteiger partial charge is 0.00175 e. The Morgan fingerprint density at radius 2 is 1.76 bits per heavy atom. The van der Waals surface area contributed by atoms with Crippen molar-refractivity contribution in [1.82, 2.24) is 5.32 Å². The molecule has 0 radical (unpaired) electrons. The average molecular weight is 279 g/mol. The zero-order valence-electron chi connectivity index (χ0n) is 13.0. The third-order valence-corrected chi connectivity index (χ3v) is 4.76. The predicted molar refractivity (Wildman–Crippen MR) is 89.6 cm³/mol. The van der Waals surface area contributed by atoms with E-state index >= 15 is 0 Å². The van der Waals surface area contributed by atoms with Crippen molar-refractivity contribution in [3.8, 4) is 0 Å². The van der Waals surface area contributed by atoms with Gasteiger partial charge in [-0.15, -0.1) is 0 Å². The van der Waals surface area contributed by atoms with Crippen LogP contribution in [0.3, 0.4) is 0 Å². The number of nitrogens with one attached hydrogen (secondary N) is 1. The second-order valence-corrected chi connectivity index (χ2v) is 6.42. The zero-order valence-corrected chi connectivity index (χ0v) is 13.0. The summed E-state index contributed by atoms with van der Waals surface area (Å²) >= 11 is 0. The molecule has 1 N–H and O–H groups in total. The minimum atomic E-state index is 0.739. The number of rotatable bonds is 6. The minimum absolute atomic E-state index is 0.739. The summed E-state index contributed by atoms with van der Waals surface area (Å²) in [6.45, 7) is 3.27. The van der Waals surface area contributed by atoms with Crippen LogP contribution in [-0.4, -0.2) is 13.6 Å². The number of aryl methyl sites for hydroxylation is 1. The highest BCUT2D eigenvalue weighted by Crippen LogP contribution is 2.52. The number of hydrogen-bond acceptors (Lipinski definition) is 1. The van der Waals surface area contributed by atoms with Gasteiger partial charge in [0, 0.05) is 0 Å². The van der Waals surface area contributed by atoms with E-state index in [1.165, 1.54) is 29.5 Å². The molecule has 110 valence electrons. The van der Waals surface area contributed by atoms with Crippen LogP contribution in [0.25, 0.3) is 0 Å². The van der Waals surface area contributed by atoms with Crippen LogP contribution >= 0.6 is 0 Å². The monoisotopic (exact) mass is 279 g/mol. The summed E-state index contributed by atoms with van der Waals surface area (Å²) in [7, 11) is 2.07. The molecule has 21 heavy (non-hydrogen) atoms. The molecule has 0 amide bonds. The molecule has 0 aromatic heterocycles. The first kappa shape index (κ1) is 14.3. The van der Waals surface area contributed by atoms with Crippen LogP contribution in [-0.2, 0) is 6.42 Å². The average Bonchev–Trinajstić information content (AvgIpc) is 3.30. The number of benzene rings is 2. The molecule has 0 aliphatic heterocycles. The molecule has 0 heterocycles. The van der Waals surface area contributed by atoms with Crippen LogP contribution < -0.4 is 5.32 Å². The topological polar surface area (TPSA) is 12.0 Å². The van der Waals surface area contributed by atoms with Crippen LogP contribution in [0.1, 0.15) is 29.0 Å². The van der Waals surface area contributed by atoms with Gasteiger partial charge in [0.05, 0.1) is 0 Å². The molecule has 3 rings (SSSR count). The molecule has 3 unspecified atom stereocenters. The van der Waals surface area contributed by atoms with E-state index in [0.29, 0.717) is 0 Å². The fraction of sp³-hybridized carbons (Fsp3) is 0.400. The van der Waals surface area contributed by atoms with E-state index < -0.39 is 0 Å². The molecule has 0 bridgehead atoms. The van der Waals surface area contributed by atoms with Gasteiger partial charge in [-0.05, 0) is 62.2 Å². The lowest BCUT2D eigenvalue weighted by atomic mass is 9.92. The molecule has 1 saturated carbocycles. The standard InChI is InChI=1S/C20H25N/c1-15-8-10-16(11-9-15)12-18(14-21-2)20-13-19(20)17-6-4-3-5-7-17/h3-11,18-21H,12-14H2,1-2H3. The van der Waals surface area contributed by atoms with Gasteiger partial charge >= 0.3 is 0 Å². The molecular weight excluding hydrogens is 254 g/mol. The van der Waals surface area contributed by atoms with Crippen LogP contribution in [0, 0.1) is 18.8 Å². The van der Waals surface area contributed by atoms with Gasteiger partial charge in [0.2, 0.25) is 0 Å². The Kier molecular flexibility index (Phi) is 4.40. The first-order valence-corrected chi connectivity index (χ1v) is 8.03. The van der Waals surface area contributed by atoms with E-state index in [2.05, 4.69) is 73.9 Å². The molecule has 3 atom stereocenters. The van der Waals surface area contributed by atoms with Crippen LogP contribution in [0.2, 0.25) is 0 Å². The van der Waals surface area contributed by atoms with Crippen molar-refractivity contribution in [3.63, 3.8) is 0 Å². The molecule has 1 aliphatic carbocycles. The largest absolute Gasteiger partial charge is 0.319 e. The third-order valence-electron chi connectivity index (χ3n) is 4.76. The first-order valence-electron chi connectivity index (χ1n) is 8.03. The van der Waals surface area contributed by atoms with Gasteiger partial charge < -0.3 is 5.32 Å². The fourth-order valence-electron chi connectivity index (χ4n) is 3.48. The molecular formula is C20H25N. The van der Waals surface area contributed by atoms with Crippen LogP contribution in [0.4, 0.5) is 0 Å². The van der Waals surface area contributed by atoms with Crippen molar-refractivity contribution in [2.45, 2.75) is 25.7 Å². The molecule has 2 aromatic carbocycles. The molecule has 0 saturated heterocycles.